The minimum Gasteiger partial charge on any atom is -0.389 e. The highest BCUT2D eigenvalue weighted by molar-refractivity contribution is 7.93. The van der Waals surface area contributed by atoms with E-state index in [-0.39, 0.29) is 20.0 Å². The average molecular weight is 335 g/mol. The van der Waals surface area contributed by atoms with Crippen LogP contribution in [0, 0.1) is 0 Å². The van der Waals surface area contributed by atoms with E-state index in [1.807, 2.05) is 0 Å². The van der Waals surface area contributed by atoms with Crippen LogP contribution >= 0.6 is 35.2 Å². The predicted molar refractivity (Wildman–Crippen MR) is 78.1 cm³/mol. The van der Waals surface area contributed by atoms with Crippen LogP contribution in [0.1, 0.15) is 5.56 Å². The van der Waals surface area contributed by atoms with Gasteiger partial charge in [-0.2, -0.15) is 0 Å². The quantitative estimate of drug-likeness (QED) is 0.825. The summed E-state index contributed by atoms with van der Waals surface area (Å²) in [5.41, 5.74) is 7.35. The summed E-state index contributed by atoms with van der Waals surface area (Å²) < 4.78 is 26.4. The summed E-state index contributed by atoms with van der Waals surface area (Å²) in [6, 6.07) is 4.22. The zero-order valence-electron chi connectivity index (χ0n) is 9.20. The van der Waals surface area contributed by atoms with Gasteiger partial charge in [-0.15, -0.1) is 10.2 Å². The van der Waals surface area contributed by atoms with E-state index in [0.29, 0.717) is 5.56 Å². The Hall–Kier alpha value is -1.29. The van der Waals surface area contributed by atoms with Crippen molar-refractivity contribution in [1.29, 1.82) is 0 Å². The zero-order chi connectivity index (χ0) is 14.0. The Labute approximate surface area is 123 Å². The highest BCUT2D eigenvalue weighted by Gasteiger charge is 2.19. The molecule has 0 bridgehead atoms. The van der Waals surface area contributed by atoms with E-state index in [9.17, 15) is 8.42 Å². The number of anilines is 1. The molecule has 2 rings (SSSR count). The van der Waals surface area contributed by atoms with Gasteiger partial charge in [0.15, 0.2) is 0 Å². The van der Waals surface area contributed by atoms with Gasteiger partial charge in [-0.3, -0.25) is 4.72 Å². The van der Waals surface area contributed by atoms with E-state index in [0.717, 1.165) is 11.3 Å². The standard InChI is InChI=1S/C9H7ClN4O2S3/c10-6-3-5(8(11)17)1-2-7(6)19(15,16)14-9-13-12-4-18-9/h1-4H,(H2,11,17)(H,13,14). The summed E-state index contributed by atoms with van der Waals surface area (Å²) in [7, 11) is -3.81. The molecule has 0 atom stereocenters. The average Bonchev–Trinajstić information content (AvgIpc) is 2.80. The van der Waals surface area contributed by atoms with E-state index in [2.05, 4.69) is 14.9 Å². The summed E-state index contributed by atoms with van der Waals surface area (Å²) in [4.78, 5) is 0.0623. The molecule has 10 heteroatoms. The van der Waals surface area contributed by atoms with Gasteiger partial charge >= 0.3 is 0 Å². The lowest BCUT2D eigenvalue weighted by molar-refractivity contribution is 0.601. The van der Waals surface area contributed by atoms with Crippen molar-refractivity contribution in [2.45, 2.75) is 4.90 Å². The highest BCUT2D eigenvalue weighted by atomic mass is 35.5. The van der Waals surface area contributed by atoms with Crippen LogP contribution in [0.3, 0.4) is 0 Å². The molecule has 0 radical (unpaired) electrons. The zero-order valence-corrected chi connectivity index (χ0v) is 12.4. The number of aromatic nitrogens is 2. The van der Waals surface area contributed by atoms with Crippen LogP contribution in [0.5, 0.6) is 0 Å². The highest BCUT2D eigenvalue weighted by Crippen LogP contribution is 2.25. The maximum atomic E-state index is 12.1. The number of nitrogens with zero attached hydrogens (tertiary/aromatic N) is 2. The van der Waals surface area contributed by atoms with Crippen LogP contribution in [0.25, 0.3) is 0 Å². The molecule has 3 N–H and O–H groups in total. The second-order valence-corrected chi connectivity index (χ2v) is 6.69. The molecule has 0 saturated carbocycles. The third-order valence-electron chi connectivity index (χ3n) is 2.09. The Bertz CT molecular complexity index is 715. The first-order valence-electron chi connectivity index (χ1n) is 4.78. The molecule has 6 nitrogen and oxygen atoms in total. The summed E-state index contributed by atoms with van der Waals surface area (Å²) in [5, 5.41) is 7.32. The molecule has 100 valence electrons. The van der Waals surface area contributed by atoms with Crippen molar-refractivity contribution in [3.63, 3.8) is 0 Å². The Morgan fingerprint density at radius 1 is 1.47 bits per heavy atom. The van der Waals surface area contributed by atoms with Crippen LogP contribution < -0.4 is 10.5 Å². The molecule has 0 fully saturated rings. The van der Waals surface area contributed by atoms with Crippen molar-refractivity contribution < 1.29 is 8.42 Å². The molecule has 0 aliphatic rings. The molecule has 0 aliphatic carbocycles. The van der Waals surface area contributed by atoms with Crippen molar-refractivity contribution in [3.05, 3.63) is 34.3 Å². The van der Waals surface area contributed by atoms with Gasteiger partial charge in [-0.05, 0) is 12.1 Å². The molecule has 0 unspecified atom stereocenters. The Kier molecular flexibility index (Phi) is 3.99. The number of hydrogen-bond acceptors (Lipinski definition) is 6. The molecular formula is C9H7ClN4O2S3. The maximum Gasteiger partial charge on any atom is 0.265 e. The van der Waals surface area contributed by atoms with Crippen LogP contribution in [0.2, 0.25) is 5.02 Å². The second kappa shape index (κ2) is 5.37. The van der Waals surface area contributed by atoms with E-state index in [1.165, 1.54) is 23.7 Å². The number of thiocarbonyl (C=S) groups is 1. The third kappa shape index (κ3) is 3.18. The number of benzene rings is 1. The normalized spacial score (nSPS) is 11.2. The number of sulfonamides is 1. The Morgan fingerprint density at radius 3 is 2.74 bits per heavy atom. The molecule has 1 aromatic carbocycles. The lowest BCUT2D eigenvalue weighted by Gasteiger charge is -2.08. The lowest BCUT2D eigenvalue weighted by atomic mass is 10.2. The predicted octanol–water partition coefficient (Wildman–Crippen LogP) is 1.63. The number of nitrogens with two attached hydrogens (primary N) is 1. The lowest BCUT2D eigenvalue weighted by Crippen LogP contribution is -2.15. The van der Waals surface area contributed by atoms with E-state index < -0.39 is 10.0 Å². The summed E-state index contributed by atoms with van der Waals surface area (Å²) >= 11 is 11.8. The number of rotatable bonds is 4. The van der Waals surface area contributed by atoms with Gasteiger partial charge in [0.2, 0.25) is 5.13 Å². The first-order valence-corrected chi connectivity index (χ1v) is 7.93. The smallest absolute Gasteiger partial charge is 0.265 e. The van der Waals surface area contributed by atoms with Gasteiger partial charge in [0.1, 0.15) is 15.4 Å². The van der Waals surface area contributed by atoms with Crippen molar-refractivity contribution in [3.8, 4) is 0 Å². The minimum absolute atomic E-state index is 0.0299. The molecule has 1 heterocycles. The van der Waals surface area contributed by atoms with Gasteiger partial charge in [0, 0.05) is 5.56 Å². The molecule has 0 spiro atoms. The summed E-state index contributed by atoms with van der Waals surface area (Å²) in [6.07, 6.45) is 0. The first-order chi connectivity index (χ1) is 8.90. The summed E-state index contributed by atoms with van der Waals surface area (Å²) in [5.74, 6) is 0. The molecular weight excluding hydrogens is 328 g/mol. The van der Waals surface area contributed by atoms with Crippen LogP contribution in [0.4, 0.5) is 5.13 Å². The van der Waals surface area contributed by atoms with Gasteiger partial charge in [-0.25, -0.2) is 8.42 Å². The first kappa shape index (κ1) is 14.1. The number of nitrogens with one attached hydrogen (secondary N) is 1. The summed E-state index contributed by atoms with van der Waals surface area (Å²) in [6.45, 7) is 0. The number of hydrogen-bond donors (Lipinski definition) is 2. The van der Waals surface area contributed by atoms with Crippen molar-refractivity contribution in [2.75, 3.05) is 4.72 Å². The van der Waals surface area contributed by atoms with Crippen molar-refractivity contribution >= 4 is 55.3 Å². The van der Waals surface area contributed by atoms with E-state index in [4.69, 9.17) is 29.6 Å². The maximum absolute atomic E-state index is 12.1. The fraction of sp³-hybridized carbons (Fsp3) is 0. The van der Waals surface area contributed by atoms with Gasteiger partial charge < -0.3 is 5.73 Å². The molecule has 0 aliphatic heterocycles. The van der Waals surface area contributed by atoms with Crippen molar-refractivity contribution in [2.24, 2.45) is 5.73 Å². The van der Waals surface area contributed by atoms with Crippen LogP contribution in [-0.2, 0) is 10.0 Å². The molecule has 0 saturated heterocycles. The second-order valence-electron chi connectivity index (χ2n) is 3.36. The van der Waals surface area contributed by atoms with Crippen molar-refractivity contribution in [1.82, 2.24) is 10.2 Å². The fourth-order valence-corrected chi connectivity index (χ4v) is 3.63. The molecule has 2 aromatic rings. The van der Waals surface area contributed by atoms with E-state index in [1.54, 1.807) is 0 Å². The molecule has 1 aromatic heterocycles. The topological polar surface area (TPSA) is 98.0 Å². The Balaban J connectivity index is 2.38. The third-order valence-corrected chi connectivity index (χ3v) is 4.88. The van der Waals surface area contributed by atoms with Gasteiger partial charge in [-0.1, -0.05) is 41.2 Å². The SMILES string of the molecule is NC(=S)c1ccc(S(=O)(=O)Nc2nncs2)c(Cl)c1. The Morgan fingerprint density at radius 2 is 2.21 bits per heavy atom. The van der Waals surface area contributed by atoms with E-state index >= 15 is 0 Å². The van der Waals surface area contributed by atoms with Crippen LogP contribution in [0.15, 0.2) is 28.6 Å². The van der Waals surface area contributed by atoms with Gasteiger partial charge in [0.05, 0.1) is 5.02 Å². The molecule has 0 amide bonds. The fourth-order valence-electron chi connectivity index (χ4n) is 1.26. The van der Waals surface area contributed by atoms with Crippen LogP contribution in [-0.4, -0.2) is 23.6 Å². The monoisotopic (exact) mass is 334 g/mol. The van der Waals surface area contributed by atoms with Gasteiger partial charge in [0.25, 0.3) is 10.0 Å². The molecule has 19 heavy (non-hydrogen) atoms. The number of halogens is 1. The largest absolute Gasteiger partial charge is 0.389 e. The minimum atomic E-state index is -3.81.